The topological polar surface area (TPSA) is 46.0 Å². The summed E-state index contributed by atoms with van der Waals surface area (Å²) in [6.07, 6.45) is 5.21. The van der Waals surface area contributed by atoms with Crippen molar-refractivity contribution in [3.8, 4) is 0 Å². The summed E-state index contributed by atoms with van der Waals surface area (Å²) in [5, 5.41) is 14.8. The van der Waals surface area contributed by atoms with Crippen molar-refractivity contribution in [1.82, 2.24) is 9.59 Å². The molecular weight excluding hydrogens is 268 g/mol. The van der Waals surface area contributed by atoms with Crippen LogP contribution in [0.3, 0.4) is 0 Å². The van der Waals surface area contributed by atoms with Gasteiger partial charge in [-0.3, -0.25) is 0 Å². The molecule has 1 heterocycles. The summed E-state index contributed by atoms with van der Waals surface area (Å²) < 4.78 is 4.00. The van der Waals surface area contributed by atoms with Crippen LogP contribution in [0.2, 0.25) is 0 Å². The first-order valence-electron chi connectivity index (χ1n) is 7.38. The molecule has 20 heavy (non-hydrogen) atoms. The summed E-state index contributed by atoms with van der Waals surface area (Å²) in [6, 6.07) is 8.39. The van der Waals surface area contributed by atoms with E-state index in [0.717, 1.165) is 29.0 Å². The minimum absolute atomic E-state index is 0.587. The molecular formula is C16H20N2OS. The third-order valence-corrected chi connectivity index (χ3v) is 4.94. The van der Waals surface area contributed by atoms with Gasteiger partial charge in [-0.05, 0) is 47.8 Å². The third-order valence-electron chi connectivity index (χ3n) is 4.12. The highest BCUT2D eigenvalue weighted by molar-refractivity contribution is 7.05. The smallest absolute Gasteiger partial charge is 0.117 e. The van der Waals surface area contributed by atoms with Crippen molar-refractivity contribution in [2.45, 2.75) is 51.0 Å². The van der Waals surface area contributed by atoms with Crippen LogP contribution in [0.4, 0.5) is 0 Å². The van der Waals surface area contributed by atoms with Crippen molar-refractivity contribution < 1.29 is 5.11 Å². The molecule has 1 aromatic carbocycles. The molecule has 1 fully saturated rings. The van der Waals surface area contributed by atoms with Crippen LogP contribution < -0.4 is 0 Å². The second kappa shape index (κ2) is 6.02. The van der Waals surface area contributed by atoms with Crippen LogP contribution >= 0.6 is 11.5 Å². The fourth-order valence-corrected chi connectivity index (χ4v) is 3.42. The van der Waals surface area contributed by atoms with Crippen molar-refractivity contribution in [2.24, 2.45) is 0 Å². The molecule has 1 aliphatic rings. The first-order valence-corrected chi connectivity index (χ1v) is 8.16. The summed E-state index contributed by atoms with van der Waals surface area (Å²) in [6.45, 7) is 2.12. The zero-order valence-corrected chi connectivity index (χ0v) is 12.6. The van der Waals surface area contributed by atoms with E-state index in [9.17, 15) is 5.11 Å². The van der Waals surface area contributed by atoms with Gasteiger partial charge in [0, 0.05) is 0 Å². The lowest BCUT2D eigenvalue weighted by atomic mass is 9.79. The number of hydrogen-bond donors (Lipinski definition) is 1. The van der Waals surface area contributed by atoms with E-state index in [4.69, 9.17) is 0 Å². The molecule has 1 aromatic heterocycles. The van der Waals surface area contributed by atoms with Crippen LogP contribution in [0.5, 0.6) is 0 Å². The molecule has 0 aliphatic heterocycles. The Morgan fingerprint density at radius 1 is 1.40 bits per heavy atom. The lowest BCUT2D eigenvalue weighted by Gasteiger charge is -2.26. The average Bonchev–Trinajstić information content (AvgIpc) is 2.85. The van der Waals surface area contributed by atoms with Crippen LogP contribution in [0.25, 0.3) is 0 Å². The van der Waals surface area contributed by atoms with E-state index in [1.807, 2.05) is 6.07 Å². The predicted molar refractivity (Wildman–Crippen MR) is 81.0 cm³/mol. The van der Waals surface area contributed by atoms with E-state index < -0.39 is 6.10 Å². The van der Waals surface area contributed by atoms with Crippen LogP contribution in [-0.4, -0.2) is 14.7 Å². The number of rotatable bonds is 5. The zero-order chi connectivity index (χ0) is 13.9. The van der Waals surface area contributed by atoms with Crippen molar-refractivity contribution in [3.05, 3.63) is 46.0 Å². The lowest BCUT2D eigenvalue weighted by Crippen LogP contribution is -2.10. The molecule has 0 bridgehead atoms. The Balaban J connectivity index is 1.85. The van der Waals surface area contributed by atoms with Crippen LogP contribution in [0.15, 0.2) is 24.3 Å². The second-order valence-corrected chi connectivity index (χ2v) is 6.32. The van der Waals surface area contributed by atoms with Gasteiger partial charge in [-0.15, -0.1) is 5.10 Å². The minimum atomic E-state index is -0.587. The van der Waals surface area contributed by atoms with E-state index in [1.165, 1.54) is 36.4 Å². The predicted octanol–water partition coefficient (Wildman–Crippen LogP) is 3.84. The Labute approximate surface area is 123 Å². The van der Waals surface area contributed by atoms with Crippen molar-refractivity contribution in [2.75, 3.05) is 0 Å². The number of aryl methyl sites for hydroxylation is 1. The maximum absolute atomic E-state index is 10.6. The van der Waals surface area contributed by atoms with Gasteiger partial charge in [0.15, 0.2) is 0 Å². The average molecular weight is 288 g/mol. The number of aliphatic hydroxyl groups is 1. The molecule has 106 valence electrons. The molecule has 1 saturated carbocycles. The summed E-state index contributed by atoms with van der Waals surface area (Å²) in [5.41, 5.74) is 3.28. The van der Waals surface area contributed by atoms with E-state index in [2.05, 4.69) is 34.7 Å². The molecule has 1 atom stereocenters. The molecule has 1 N–H and O–H groups in total. The van der Waals surface area contributed by atoms with Crippen LogP contribution in [0, 0.1) is 0 Å². The fourth-order valence-electron chi connectivity index (χ4n) is 2.71. The molecule has 1 unspecified atom stereocenters. The highest BCUT2D eigenvalue weighted by atomic mass is 32.1. The van der Waals surface area contributed by atoms with Crippen LogP contribution in [0.1, 0.15) is 66.3 Å². The highest BCUT2D eigenvalue weighted by Gasteiger charge is 2.22. The number of hydrogen-bond acceptors (Lipinski definition) is 4. The summed E-state index contributed by atoms with van der Waals surface area (Å²) >= 11 is 1.32. The van der Waals surface area contributed by atoms with Gasteiger partial charge < -0.3 is 5.11 Å². The quantitative estimate of drug-likeness (QED) is 0.909. The first-order chi connectivity index (χ1) is 9.79. The molecule has 0 radical (unpaired) electrons. The van der Waals surface area contributed by atoms with Crippen molar-refractivity contribution in [3.63, 3.8) is 0 Å². The van der Waals surface area contributed by atoms with Gasteiger partial charge in [-0.1, -0.05) is 48.5 Å². The molecule has 3 nitrogen and oxygen atoms in total. The lowest BCUT2D eigenvalue weighted by molar-refractivity contribution is 0.222. The molecule has 1 aliphatic carbocycles. The summed E-state index contributed by atoms with van der Waals surface area (Å²) in [5.74, 6) is 0.692. The van der Waals surface area contributed by atoms with Gasteiger partial charge in [0.25, 0.3) is 0 Å². The van der Waals surface area contributed by atoms with Gasteiger partial charge in [0.05, 0.1) is 10.6 Å². The summed E-state index contributed by atoms with van der Waals surface area (Å²) in [7, 11) is 0. The van der Waals surface area contributed by atoms with Gasteiger partial charge in [-0.25, -0.2) is 0 Å². The maximum atomic E-state index is 10.6. The van der Waals surface area contributed by atoms with Crippen molar-refractivity contribution >= 4 is 11.5 Å². The molecule has 0 saturated heterocycles. The second-order valence-electron chi connectivity index (χ2n) is 5.53. The highest BCUT2D eigenvalue weighted by Crippen LogP contribution is 2.38. The number of benzene rings is 1. The van der Waals surface area contributed by atoms with Gasteiger partial charge in [0.2, 0.25) is 0 Å². The zero-order valence-electron chi connectivity index (χ0n) is 11.7. The number of nitrogens with zero attached hydrogens (tertiary/aromatic N) is 2. The Hall–Kier alpha value is -1.26. The SMILES string of the molecule is CCCc1nnsc1C(O)c1cccc(C2CCC2)c1. The van der Waals surface area contributed by atoms with E-state index in [-0.39, 0.29) is 0 Å². The van der Waals surface area contributed by atoms with Gasteiger partial charge >= 0.3 is 0 Å². The Morgan fingerprint density at radius 3 is 2.95 bits per heavy atom. The van der Waals surface area contributed by atoms with E-state index in [1.54, 1.807) is 0 Å². The molecule has 4 heteroatoms. The monoisotopic (exact) mass is 288 g/mol. The number of aliphatic hydroxyl groups excluding tert-OH is 1. The minimum Gasteiger partial charge on any atom is -0.383 e. The molecule has 0 spiro atoms. The van der Waals surface area contributed by atoms with Crippen LogP contribution in [-0.2, 0) is 6.42 Å². The Kier molecular flexibility index (Phi) is 4.13. The van der Waals surface area contributed by atoms with Gasteiger partial charge in [-0.2, -0.15) is 0 Å². The summed E-state index contributed by atoms with van der Waals surface area (Å²) in [4.78, 5) is 0.901. The van der Waals surface area contributed by atoms with E-state index in [0.29, 0.717) is 5.92 Å². The van der Waals surface area contributed by atoms with Gasteiger partial charge in [0.1, 0.15) is 6.10 Å². The normalized spacial score (nSPS) is 16.9. The molecule has 2 aromatic rings. The maximum Gasteiger partial charge on any atom is 0.117 e. The largest absolute Gasteiger partial charge is 0.383 e. The molecule has 3 rings (SSSR count). The third kappa shape index (κ3) is 2.63. The standard InChI is InChI=1S/C16H20N2OS/c1-2-5-14-16(20-18-17-14)15(19)13-9-4-8-12(10-13)11-6-3-7-11/h4,8-11,15,19H,2-3,5-7H2,1H3. The Bertz CT molecular complexity index is 577. The molecule has 0 amide bonds. The number of aromatic nitrogens is 2. The van der Waals surface area contributed by atoms with E-state index >= 15 is 0 Å². The van der Waals surface area contributed by atoms with Crippen molar-refractivity contribution in [1.29, 1.82) is 0 Å². The first kappa shape index (κ1) is 13.7. The Morgan fingerprint density at radius 2 is 2.25 bits per heavy atom. The fraction of sp³-hybridized carbons (Fsp3) is 0.500.